The van der Waals surface area contributed by atoms with Crippen LogP contribution in [0, 0.1) is 29.6 Å². The standard InChI is InChI=1S/C19H31N3O/c20-18-15-4-3-14(11-15)17(18)19(23)22-7-5-21(6-8-22)16-10-12-1-2-13(16)9-12/h12-18H,1-11,20H2. The van der Waals surface area contributed by atoms with Crippen LogP contribution in [0.4, 0.5) is 0 Å². The van der Waals surface area contributed by atoms with E-state index in [1.807, 2.05) is 0 Å². The van der Waals surface area contributed by atoms with Crippen LogP contribution in [-0.4, -0.2) is 54.0 Å². The summed E-state index contributed by atoms with van der Waals surface area (Å²) in [6, 6.07) is 0.973. The van der Waals surface area contributed by atoms with E-state index in [0.29, 0.717) is 17.7 Å². The van der Waals surface area contributed by atoms with E-state index in [1.165, 1.54) is 44.9 Å². The Morgan fingerprint density at radius 1 is 0.826 bits per heavy atom. The maximum atomic E-state index is 13.0. The third kappa shape index (κ3) is 2.28. The maximum Gasteiger partial charge on any atom is 0.227 e. The number of nitrogens with two attached hydrogens (primary N) is 1. The van der Waals surface area contributed by atoms with Crippen molar-refractivity contribution in [1.29, 1.82) is 0 Å². The van der Waals surface area contributed by atoms with E-state index in [4.69, 9.17) is 5.73 Å². The van der Waals surface area contributed by atoms with Gasteiger partial charge in [-0.1, -0.05) is 6.42 Å². The first-order valence-electron chi connectivity index (χ1n) is 9.99. The highest BCUT2D eigenvalue weighted by atomic mass is 16.2. The van der Waals surface area contributed by atoms with E-state index in [0.717, 1.165) is 44.1 Å². The number of amides is 1. The molecule has 5 fully saturated rings. The molecule has 1 heterocycles. The molecule has 0 aromatic carbocycles. The molecule has 1 saturated heterocycles. The summed E-state index contributed by atoms with van der Waals surface area (Å²) in [6.45, 7) is 4.06. The zero-order valence-electron chi connectivity index (χ0n) is 14.2. The van der Waals surface area contributed by atoms with Crippen LogP contribution in [0.25, 0.3) is 0 Å². The summed E-state index contributed by atoms with van der Waals surface area (Å²) < 4.78 is 0. The van der Waals surface area contributed by atoms with Gasteiger partial charge in [0.1, 0.15) is 0 Å². The molecule has 128 valence electrons. The van der Waals surface area contributed by atoms with E-state index in [-0.39, 0.29) is 12.0 Å². The van der Waals surface area contributed by atoms with Gasteiger partial charge in [-0.05, 0) is 62.2 Å². The lowest BCUT2D eigenvalue weighted by Crippen LogP contribution is -2.56. The van der Waals surface area contributed by atoms with Crippen LogP contribution in [0.5, 0.6) is 0 Å². The molecule has 0 aromatic heterocycles. The molecule has 4 nitrogen and oxygen atoms in total. The summed E-state index contributed by atoms with van der Waals surface area (Å²) >= 11 is 0. The molecule has 0 spiro atoms. The fraction of sp³-hybridized carbons (Fsp3) is 0.947. The average Bonchev–Trinajstić information content (AvgIpc) is 3.35. The predicted octanol–water partition coefficient (Wildman–Crippen LogP) is 1.69. The first-order chi connectivity index (χ1) is 11.2. The van der Waals surface area contributed by atoms with Gasteiger partial charge in [0.05, 0.1) is 5.92 Å². The molecule has 5 aliphatic rings. The van der Waals surface area contributed by atoms with E-state index in [1.54, 1.807) is 0 Å². The van der Waals surface area contributed by atoms with Crippen LogP contribution >= 0.6 is 0 Å². The molecule has 4 saturated carbocycles. The molecule has 7 unspecified atom stereocenters. The average molecular weight is 317 g/mol. The smallest absolute Gasteiger partial charge is 0.227 e. The molecule has 23 heavy (non-hydrogen) atoms. The van der Waals surface area contributed by atoms with Gasteiger partial charge in [-0.15, -0.1) is 0 Å². The highest BCUT2D eigenvalue weighted by Gasteiger charge is 2.50. The molecular weight excluding hydrogens is 286 g/mol. The summed E-state index contributed by atoms with van der Waals surface area (Å²) in [5, 5.41) is 0. The number of hydrogen-bond acceptors (Lipinski definition) is 3. The maximum absolute atomic E-state index is 13.0. The van der Waals surface area contributed by atoms with Gasteiger partial charge in [0.25, 0.3) is 0 Å². The van der Waals surface area contributed by atoms with Gasteiger partial charge in [0.2, 0.25) is 5.91 Å². The summed E-state index contributed by atoms with van der Waals surface area (Å²) in [7, 11) is 0. The highest BCUT2D eigenvalue weighted by Crippen LogP contribution is 2.49. The normalized spacial score (nSPS) is 49.3. The number of fused-ring (bicyclic) bond motifs is 4. The van der Waals surface area contributed by atoms with Gasteiger partial charge >= 0.3 is 0 Å². The van der Waals surface area contributed by atoms with Crippen LogP contribution < -0.4 is 5.73 Å². The number of hydrogen-bond donors (Lipinski definition) is 1. The van der Waals surface area contributed by atoms with Crippen LogP contribution in [0.3, 0.4) is 0 Å². The third-order valence-corrected chi connectivity index (χ3v) is 8.06. The van der Waals surface area contributed by atoms with Crippen molar-refractivity contribution in [2.45, 2.75) is 57.0 Å². The fourth-order valence-corrected chi connectivity index (χ4v) is 6.85. The summed E-state index contributed by atoms with van der Waals surface area (Å²) in [5.41, 5.74) is 6.38. The first-order valence-corrected chi connectivity index (χ1v) is 9.99. The minimum absolute atomic E-state index is 0.141. The Hall–Kier alpha value is -0.610. The fourth-order valence-electron chi connectivity index (χ4n) is 6.85. The van der Waals surface area contributed by atoms with Crippen molar-refractivity contribution >= 4 is 5.91 Å². The summed E-state index contributed by atoms with van der Waals surface area (Å²) in [4.78, 5) is 17.8. The van der Waals surface area contributed by atoms with Gasteiger partial charge in [0.15, 0.2) is 0 Å². The highest BCUT2D eigenvalue weighted by molar-refractivity contribution is 5.80. The summed E-state index contributed by atoms with van der Waals surface area (Å²) in [6.07, 6.45) is 9.53. The van der Waals surface area contributed by atoms with Crippen LogP contribution in [0.15, 0.2) is 0 Å². The molecular formula is C19H31N3O. The second-order valence-corrected chi connectivity index (χ2v) is 9.04. The van der Waals surface area contributed by atoms with Crippen molar-refractivity contribution < 1.29 is 4.79 Å². The molecule has 0 radical (unpaired) electrons. The molecule has 1 amide bonds. The molecule has 5 rings (SSSR count). The van der Waals surface area contributed by atoms with Crippen molar-refractivity contribution in [3.63, 3.8) is 0 Å². The quantitative estimate of drug-likeness (QED) is 0.843. The molecule has 4 bridgehead atoms. The largest absolute Gasteiger partial charge is 0.340 e. The Morgan fingerprint density at radius 2 is 1.57 bits per heavy atom. The number of nitrogens with zero attached hydrogens (tertiary/aromatic N) is 2. The van der Waals surface area contributed by atoms with Gasteiger partial charge in [0, 0.05) is 38.3 Å². The van der Waals surface area contributed by atoms with Gasteiger partial charge in [-0.25, -0.2) is 0 Å². The molecule has 1 aliphatic heterocycles. The molecule has 4 heteroatoms. The Balaban J connectivity index is 1.19. The van der Waals surface area contributed by atoms with E-state index >= 15 is 0 Å². The first kappa shape index (κ1) is 14.7. The van der Waals surface area contributed by atoms with Crippen LogP contribution in [0.1, 0.15) is 44.9 Å². The lowest BCUT2D eigenvalue weighted by atomic mass is 9.84. The summed E-state index contributed by atoms with van der Waals surface area (Å²) in [5.74, 6) is 3.72. The van der Waals surface area contributed by atoms with Crippen LogP contribution in [0.2, 0.25) is 0 Å². The topological polar surface area (TPSA) is 49.6 Å². The number of rotatable bonds is 2. The zero-order chi connectivity index (χ0) is 15.6. The molecule has 2 N–H and O–H groups in total. The Morgan fingerprint density at radius 3 is 2.17 bits per heavy atom. The Labute approximate surface area is 139 Å². The number of carbonyl (C=O) groups is 1. The molecule has 7 atom stereocenters. The Bertz CT molecular complexity index is 485. The zero-order valence-corrected chi connectivity index (χ0v) is 14.2. The molecule has 4 aliphatic carbocycles. The van der Waals surface area contributed by atoms with E-state index in [2.05, 4.69) is 9.80 Å². The van der Waals surface area contributed by atoms with Gasteiger partial charge in [-0.3, -0.25) is 9.69 Å². The van der Waals surface area contributed by atoms with Crippen molar-refractivity contribution in [3.05, 3.63) is 0 Å². The lowest BCUT2D eigenvalue weighted by Gasteiger charge is -2.42. The van der Waals surface area contributed by atoms with Crippen molar-refractivity contribution in [3.8, 4) is 0 Å². The minimum atomic E-state index is 0.141. The lowest BCUT2D eigenvalue weighted by molar-refractivity contribution is -0.140. The SMILES string of the molecule is NC1C2CCC(C2)C1C(=O)N1CCN(C2CC3CCC2C3)CC1. The molecule has 0 aromatic rings. The predicted molar refractivity (Wildman–Crippen MR) is 89.7 cm³/mol. The monoisotopic (exact) mass is 317 g/mol. The minimum Gasteiger partial charge on any atom is -0.340 e. The Kier molecular flexibility index (Phi) is 3.49. The second-order valence-electron chi connectivity index (χ2n) is 9.04. The third-order valence-electron chi connectivity index (χ3n) is 8.06. The van der Waals surface area contributed by atoms with Crippen molar-refractivity contribution in [2.75, 3.05) is 26.2 Å². The second kappa shape index (κ2) is 5.45. The van der Waals surface area contributed by atoms with E-state index in [9.17, 15) is 4.79 Å². The van der Waals surface area contributed by atoms with E-state index < -0.39 is 0 Å². The van der Waals surface area contributed by atoms with Gasteiger partial charge in [-0.2, -0.15) is 0 Å². The van der Waals surface area contributed by atoms with Crippen LogP contribution in [-0.2, 0) is 4.79 Å². The number of carbonyl (C=O) groups excluding carboxylic acids is 1. The van der Waals surface area contributed by atoms with Crippen molar-refractivity contribution in [2.24, 2.45) is 35.3 Å². The number of piperazine rings is 1. The van der Waals surface area contributed by atoms with Gasteiger partial charge < -0.3 is 10.6 Å². The van der Waals surface area contributed by atoms with Crippen molar-refractivity contribution in [1.82, 2.24) is 9.80 Å².